The predicted octanol–water partition coefficient (Wildman–Crippen LogP) is 1.71. The quantitative estimate of drug-likeness (QED) is 0.267. The molecule has 0 aromatic heterocycles. The number of hydrogen-bond acceptors (Lipinski definition) is 7. The third kappa shape index (κ3) is 5.63. The molecule has 10 nitrogen and oxygen atoms in total. The van der Waals surface area contributed by atoms with Crippen LogP contribution in [0, 0.1) is 11.8 Å². The maximum atomic E-state index is 14.2. The van der Waals surface area contributed by atoms with E-state index < -0.39 is 41.7 Å². The first-order chi connectivity index (χ1) is 18.8. The van der Waals surface area contributed by atoms with Crippen molar-refractivity contribution in [1.29, 1.82) is 0 Å². The smallest absolute Gasteiger partial charge is 0.312 e. The van der Waals surface area contributed by atoms with E-state index in [9.17, 15) is 24.3 Å². The average Bonchev–Trinajstić information content (AvgIpc) is 3.57. The summed E-state index contributed by atoms with van der Waals surface area (Å²) < 4.78 is 12.1. The lowest BCUT2D eigenvalue weighted by Crippen LogP contribution is -2.58. The number of allylic oxidation sites excluding steroid dienone is 1. The summed E-state index contributed by atoms with van der Waals surface area (Å²) in [5.41, 5.74) is -1.13. The second kappa shape index (κ2) is 12.6. The first-order valence-electron chi connectivity index (χ1n) is 14.4. The van der Waals surface area contributed by atoms with Crippen molar-refractivity contribution in [1.82, 2.24) is 15.1 Å². The van der Waals surface area contributed by atoms with Gasteiger partial charge in [0.05, 0.1) is 31.1 Å². The van der Waals surface area contributed by atoms with Crippen molar-refractivity contribution in [3.05, 3.63) is 25.3 Å². The number of likely N-dealkylation sites (tertiary alicyclic amines) is 1. The van der Waals surface area contributed by atoms with Crippen LogP contribution in [0.2, 0.25) is 0 Å². The number of ether oxygens (including phenoxy) is 2. The number of rotatable bonds is 13. The number of amides is 3. The van der Waals surface area contributed by atoms with Gasteiger partial charge in [-0.15, -0.1) is 13.2 Å². The first-order valence-corrected chi connectivity index (χ1v) is 14.4. The lowest BCUT2D eigenvalue weighted by molar-refractivity contribution is -0.159. The van der Waals surface area contributed by atoms with Gasteiger partial charge in [-0.2, -0.15) is 0 Å². The van der Waals surface area contributed by atoms with Gasteiger partial charge in [-0.3, -0.25) is 19.2 Å². The third-order valence-corrected chi connectivity index (χ3v) is 8.75. The lowest BCUT2D eigenvalue weighted by Gasteiger charge is -2.40. The Kier molecular flexibility index (Phi) is 9.48. The van der Waals surface area contributed by atoms with Crippen LogP contribution in [0.5, 0.6) is 0 Å². The van der Waals surface area contributed by atoms with E-state index in [1.54, 1.807) is 19.1 Å². The minimum absolute atomic E-state index is 0.0109. The van der Waals surface area contributed by atoms with Crippen LogP contribution in [0.15, 0.2) is 25.3 Å². The van der Waals surface area contributed by atoms with E-state index in [4.69, 9.17) is 9.47 Å². The number of nitrogens with zero attached hydrogens (tertiary/aromatic N) is 2. The molecule has 4 aliphatic rings. The molecule has 1 aliphatic carbocycles. The Morgan fingerprint density at radius 3 is 2.64 bits per heavy atom. The van der Waals surface area contributed by atoms with Gasteiger partial charge in [0.1, 0.15) is 17.7 Å². The van der Waals surface area contributed by atoms with Crippen LogP contribution in [-0.2, 0) is 28.7 Å². The molecule has 4 rings (SSSR count). The van der Waals surface area contributed by atoms with Crippen LogP contribution in [0.4, 0.5) is 0 Å². The Labute approximate surface area is 230 Å². The molecule has 0 unspecified atom stereocenters. The fourth-order valence-corrected chi connectivity index (χ4v) is 7.05. The van der Waals surface area contributed by atoms with Crippen LogP contribution in [-0.4, -0.2) is 94.7 Å². The van der Waals surface area contributed by atoms with E-state index in [0.717, 1.165) is 32.1 Å². The highest BCUT2D eigenvalue weighted by molar-refractivity contribution is 5.98. The Hall–Kier alpha value is -2.72. The molecule has 0 radical (unpaired) electrons. The van der Waals surface area contributed by atoms with E-state index in [2.05, 4.69) is 18.5 Å². The van der Waals surface area contributed by atoms with Gasteiger partial charge in [-0.1, -0.05) is 31.4 Å². The molecule has 10 heteroatoms. The van der Waals surface area contributed by atoms with Gasteiger partial charge in [0, 0.05) is 25.6 Å². The van der Waals surface area contributed by atoms with E-state index in [0.29, 0.717) is 32.2 Å². The van der Waals surface area contributed by atoms with Crippen molar-refractivity contribution in [3.63, 3.8) is 0 Å². The first kappa shape index (κ1) is 29.3. The van der Waals surface area contributed by atoms with Crippen LogP contribution < -0.4 is 5.32 Å². The SMILES string of the molecule is C=CCCC(=O)NC[C@@H](C)OC(=O)[C@@H]1[C@@H]2CC[C@]3(O2)[C@H](C(=O)N(CC=C)C2CCCCC2)N(CCO)C(=O)[C@@H]13. The Morgan fingerprint density at radius 1 is 1.23 bits per heavy atom. The zero-order valence-electron chi connectivity index (χ0n) is 23.0. The molecule has 2 bridgehead atoms. The highest BCUT2D eigenvalue weighted by Crippen LogP contribution is 2.58. The van der Waals surface area contributed by atoms with E-state index in [-0.39, 0.29) is 43.5 Å². The molecule has 0 aromatic rings. The average molecular weight is 546 g/mol. The molecule has 3 saturated heterocycles. The minimum Gasteiger partial charge on any atom is -0.460 e. The predicted molar refractivity (Wildman–Crippen MR) is 143 cm³/mol. The fraction of sp³-hybridized carbons (Fsp3) is 0.724. The number of aliphatic hydroxyl groups is 1. The molecular weight excluding hydrogens is 502 g/mol. The molecule has 0 aromatic carbocycles. The number of esters is 1. The van der Waals surface area contributed by atoms with Crippen molar-refractivity contribution in [2.45, 2.75) is 94.6 Å². The summed E-state index contributed by atoms with van der Waals surface area (Å²) in [7, 11) is 0. The summed E-state index contributed by atoms with van der Waals surface area (Å²) in [6.45, 7) is 9.35. The van der Waals surface area contributed by atoms with E-state index in [1.807, 2.05) is 4.90 Å². The van der Waals surface area contributed by atoms with Crippen molar-refractivity contribution in [2.24, 2.45) is 11.8 Å². The fourth-order valence-electron chi connectivity index (χ4n) is 7.05. The molecule has 39 heavy (non-hydrogen) atoms. The number of nitrogens with one attached hydrogen (secondary N) is 1. The molecule has 1 spiro atoms. The largest absolute Gasteiger partial charge is 0.460 e. The van der Waals surface area contributed by atoms with Gasteiger partial charge in [-0.25, -0.2) is 0 Å². The standard InChI is InChI=1S/C29H43N3O7/c1-4-6-12-22(34)30-18-19(3)38-28(37)23-21-13-14-29(39-21)24(23)26(35)32(16-17-33)25(29)27(36)31(15-5-2)20-10-8-7-9-11-20/h4-5,19-21,23-25,33H,1-2,6-18H2,3H3,(H,30,34)/t19-,21+,23-,24-,25+,29-/m1/s1. The molecule has 6 atom stereocenters. The van der Waals surface area contributed by atoms with Crippen molar-refractivity contribution >= 4 is 23.7 Å². The van der Waals surface area contributed by atoms with Gasteiger partial charge in [0.2, 0.25) is 17.7 Å². The molecule has 3 heterocycles. The Balaban J connectivity index is 1.53. The van der Waals surface area contributed by atoms with Gasteiger partial charge in [0.15, 0.2) is 0 Å². The molecule has 3 amide bonds. The van der Waals surface area contributed by atoms with Crippen molar-refractivity contribution in [2.75, 3.05) is 26.2 Å². The summed E-state index contributed by atoms with van der Waals surface area (Å²) in [6.07, 6.45) is 9.17. The number of carbonyl (C=O) groups excluding carboxylic acids is 4. The molecule has 216 valence electrons. The minimum atomic E-state index is -1.13. The molecule has 4 fully saturated rings. The summed E-state index contributed by atoms with van der Waals surface area (Å²) >= 11 is 0. The summed E-state index contributed by atoms with van der Waals surface area (Å²) in [5.74, 6) is -2.95. The van der Waals surface area contributed by atoms with Gasteiger partial charge in [0.25, 0.3) is 0 Å². The summed E-state index contributed by atoms with van der Waals surface area (Å²) in [6, 6.07) is -0.846. The molecular formula is C29H43N3O7. The topological polar surface area (TPSA) is 125 Å². The lowest BCUT2D eigenvalue weighted by atomic mass is 9.70. The maximum Gasteiger partial charge on any atom is 0.312 e. The number of hydrogen-bond donors (Lipinski definition) is 2. The van der Waals surface area contributed by atoms with E-state index >= 15 is 0 Å². The van der Waals surface area contributed by atoms with Gasteiger partial charge >= 0.3 is 5.97 Å². The highest BCUT2D eigenvalue weighted by Gasteiger charge is 2.75. The van der Waals surface area contributed by atoms with Gasteiger partial charge in [-0.05, 0) is 39.0 Å². The zero-order valence-corrected chi connectivity index (χ0v) is 23.0. The number of fused-ring (bicyclic) bond motifs is 1. The summed E-state index contributed by atoms with van der Waals surface area (Å²) in [4.78, 5) is 56.6. The zero-order chi connectivity index (χ0) is 28.2. The normalized spacial score (nSPS) is 30.5. The monoisotopic (exact) mass is 545 g/mol. The van der Waals surface area contributed by atoms with E-state index in [1.165, 1.54) is 4.90 Å². The van der Waals surface area contributed by atoms with Crippen LogP contribution in [0.1, 0.15) is 64.7 Å². The second-order valence-corrected chi connectivity index (χ2v) is 11.3. The van der Waals surface area contributed by atoms with Crippen LogP contribution >= 0.6 is 0 Å². The second-order valence-electron chi connectivity index (χ2n) is 11.3. The number of carbonyl (C=O) groups is 4. The Morgan fingerprint density at radius 2 is 1.97 bits per heavy atom. The number of aliphatic hydroxyl groups excluding tert-OH is 1. The number of β-amino-alcohol motifs (C(OH)–C–C–N with tert-alkyl or cyclic N) is 1. The molecule has 3 aliphatic heterocycles. The van der Waals surface area contributed by atoms with Crippen molar-refractivity contribution in [3.8, 4) is 0 Å². The molecule has 2 N–H and O–H groups in total. The summed E-state index contributed by atoms with van der Waals surface area (Å²) in [5, 5.41) is 12.6. The Bertz CT molecular complexity index is 965. The third-order valence-electron chi connectivity index (χ3n) is 8.75. The maximum absolute atomic E-state index is 14.2. The van der Waals surface area contributed by atoms with Gasteiger partial charge < -0.3 is 29.7 Å². The molecule has 1 saturated carbocycles. The highest BCUT2D eigenvalue weighted by atomic mass is 16.6. The van der Waals surface area contributed by atoms with Crippen LogP contribution in [0.25, 0.3) is 0 Å². The van der Waals surface area contributed by atoms with Crippen molar-refractivity contribution < 1.29 is 33.8 Å². The van der Waals surface area contributed by atoms with Crippen LogP contribution in [0.3, 0.4) is 0 Å².